The van der Waals surface area contributed by atoms with Gasteiger partial charge in [-0.05, 0) is 39.5 Å². The molecule has 17 heavy (non-hydrogen) atoms. The van der Waals surface area contributed by atoms with Crippen LogP contribution >= 0.6 is 0 Å². The topological polar surface area (TPSA) is 38.5 Å². The van der Waals surface area contributed by atoms with E-state index in [1.54, 1.807) is 0 Å². The van der Waals surface area contributed by atoms with Crippen molar-refractivity contribution in [3.05, 3.63) is 0 Å². The minimum Gasteiger partial charge on any atom is -0.381 e. The highest BCUT2D eigenvalue weighted by molar-refractivity contribution is 5.02. The molecular formula is C14H28N2O. The fraction of sp³-hybridized carbons (Fsp3) is 1.00. The molecule has 2 fully saturated rings. The van der Waals surface area contributed by atoms with E-state index in [0.29, 0.717) is 12.0 Å². The molecule has 4 unspecified atom stereocenters. The molecule has 2 aliphatic rings. The second-order valence-corrected chi connectivity index (χ2v) is 6.02. The van der Waals surface area contributed by atoms with Crippen LogP contribution in [0.25, 0.3) is 0 Å². The second kappa shape index (κ2) is 5.25. The van der Waals surface area contributed by atoms with Gasteiger partial charge in [-0.3, -0.25) is 4.90 Å². The van der Waals surface area contributed by atoms with Crippen LogP contribution in [0.5, 0.6) is 0 Å². The first kappa shape index (κ1) is 13.3. The largest absolute Gasteiger partial charge is 0.381 e. The molecule has 0 aliphatic carbocycles. The zero-order chi connectivity index (χ0) is 12.5. The first-order valence-electron chi connectivity index (χ1n) is 7.19. The average molecular weight is 240 g/mol. The van der Waals surface area contributed by atoms with Gasteiger partial charge in [0.2, 0.25) is 0 Å². The van der Waals surface area contributed by atoms with Crippen molar-refractivity contribution in [1.82, 2.24) is 4.90 Å². The Balaban J connectivity index is 2.19. The molecule has 0 saturated carbocycles. The molecule has 0 spiro atoms. The summed E-state index contributed by atoms with van der Waals surface area (Å²) in [5.41, 5.74) is 6.28. The van der Waals surface area contributed by atoms with Gasteiger partial charge in [0.05, 0.1) is 6.61 Å². The van der Waals surface area contributed by atoms with E-state index in [2.05, 4.69) is 25.7 Å². The number of hydrogen-bond acceptors (Lipinski definition) is 3. The van der Waals surface area contributed by atoms with Gasteiger partial charge < -0.3 is 10.5 Å². The maximum atomic E-state index is 6.15. The molecule has 100 valence electrons. The Morgan fingerprint density at radius 2 is 2.12 bits per heavy atom. The van der Waals surface area contributed by atoms with Crippen LogP contribution < -0.4 is 5.73 Å². The van der Waals surface area contributed by atoms with Crippen molar-refractivity contribution in [2.24, 2.45) is 11.7 Å². The van der Waals surface area contributed by atoms with E-state index in [9.17, 15) is 0 Å². The number of hydrogen-bond donors (Lipinski definition) is 1. The first-order valence-corrected chi connectivity index (χ1v) is 7.19. The summed E-state index contributed by atoms with van der Waals surface area (Å²) in [6.45, 7) is 9.59. The van der Waals surface area contributed by atoms with Crippen LogP contribution in [0, 0.1) is 5.92 Å². The fourth-order valence-corrected chi connectivity index (χ4v) is 3.90. The highest BCUT2D eigenvalue weighted by atomic mass is 16.5. The van der Waals surface area contributed by atoms with Crippen LogP contribution in [0.15, 0.2) is 0 Å². The summed E-state index contributed by atoms with van der Waals surface area (Å²) in [5, 5.41) is 0. The molecule has 3 heteroatoms. The zero-order valence-corrected chi connectivity index (χ0v) is 11.6. The molecule has 0 aromatic rings. The Hall–Kier alpha value is -0.120. The van der Waals surface area contributed by atoms with Crippen molar-refractivity contribution in [1.29, 1.82) is 0 Å². The van der Waals surface area contributed by atoms with Gasteiger partial charge >= 0.3 is 0 Å². The minimum atomic E-state index is 0.132. The van der Waals surface area contributed by atoms with Gasteiger partial charge in [-0.15, -0.1) is 0 Å². The molecule has 0 amide bonds. The standard InChI is InChI=1S/C14H28N2O/c1-4-13-6-5-11(2)16(13)14(3,10-15)12-7-8-17-9-12/h11-13H,4-10,15H2,1-3H3. The van der Waals surface area contributed by atoms with Crippen molar-refractivity contribution >= 4 is 0 Å². The van der Waals surface area contributed by atoms with E-state index >= 15 is 0 Å². The van der Waals surface area contributed by atoms with Crippen LogP contribution in [0.2, 0.25) is 0 Å². The van der Waals surface area contributed by atoms with E-state index in [0.717, 1.165) is 25.8 Å². The molecule has 0 aromatic carbocycles. The summed E-state index contributed by atoms with van der Waals surface area (Å²) >= 11 is 0. The maximum absolute atomic E-state index is 6.15. The summed E-state index contributed by atoms with van der Waals surface area (Å²) in [6.07, 6.45) is 5.07. The lowest BCUT2D eigenvalue weighted by molar-refractivity contribution is 0.00891. The summed E-state index contributed by atoms with van der Waals surface area (Å²) in [6, 6.07) is 1.40. The molecule has 2 heterocycles. The van der Waals surface area contributed by atoms with Gasteiger partial charge in [0.15, 0.2) is 0 Å². The molecule has 4 atom stereocenters. The third-order valence-corrected chi connectivity index (χ3v) is 5.07. The van der Waals surface area contributed by atoms with Gasteiger partial charge in [-0.2, -0.15) is 0 Å². The van der Waals surface area contributed by atoms with Crippen molar-refractivity contribution in [3.8, 4) is 0 Å². The van der Waals surface area contributed by atoms with Gasteiger partial charge in [-0.1, -0.05) is 6.92 Å². The monoisotopic (exact) mass is 240 g/mol. The Kier molecular flexibility index (Phi) is 4.11. The Bertz CT molecular complexity index is 253. The number of rotatable bonds is 4. The molecule has 2 aliphatic heterocycles. The van der Waals surface area contributed by atoms with Crippen LogP contribution in [-0.2, 0) is 4.74 Å². The smallest absolute Gasteiger partial charge is 0.0513 e. The lowest BCUT2D eigenvalue weighted by Gasteiger charge is -2.47. The second-order valence-electron chi connectivity index (χ2n) is 6.02. The number of nitrogens with two attached hydrogens (primary N) is 1. The lowest BCUT2D eigenvalue weighted by Crippen LogP contribution is -2.60. The molecule has 0 radical (unpaired) electrons. The van der Waals surface area contributed by atoms with Crippen molar-refractivity contribution in [2.45, 2.75) is 64.1 Å². The van der Waals surface area contributed by atoms with E-state index in [1.807, 2.05) is 0 Å². The van der Waals surface area contributed by atoms with Crippen molar-refractivity contribution in [2.75, 3.05) is 19.8 Å². The van der Waals surface area contributed by atoms with Crippen LogP contribution in [0.3, 0.4) is 0 Å². The van der Waals surface area contributed by atoms with Gasteiger partial charge in [0.25, 0.3) is 0 Å². The van der Waals surface area contributed by atoms with Gasteiger partial charge in [0, 0.05) is 36.7 Å². The predicted octanol–water partition coefficient (Wildman–Crippen LogP) is 2.00. The SMILES string of the molecule is CCC1CCC(C)N1C(C)(CN)C1CCOC1. The molecule has 2 N–H and O–H groups in total. The summed E-state index contributed by atoms with van der Waals surface area (Å²) in [5.74, 6) is 0.613. The number of nitrogens with zero attached hydrogens (tertiary/aromatic N) is 1. The van der Waals surface area contributed by atoms with Crippen LogP contribution in [-0.4, -0.2) is 42.3 Å². The Morgan fingerprint density at radius 1 is 1.35 bits per heavy atom. The zero-order valence-electron chi connectivity index (χ0n) is 11.6. The van der Waals surface area contributed by atoms with Gasteiger partial charge in [-0.25, -0.2) is 0 Å². The highest BCUT2D eigenvalue weighted by Gasteiger charge is 2.47. The van der Waals surface area contributed by atoms with Crippen molar-refractivity contribution < 1.29 is 4.74 Å². The molecule has 0 aromatic heterocycles. The summed E-state index contributed by atoms with van der Waals surface area (Å²) in [7, 11) is 0. The van der Waals surface area contributed by atoms with E-state index in [1.165, 1.54) is 25.7 Å². The van der Waals surface area contributed by atoms with Gasteiger partial charge in [0.1, 0.15) is 0 Å². The Labute approximate surface area is 106 Å². The number of ether oxygens (including phenoxy) is 1. The normalized spacial score (nSPS) is 38.5. The van der Waals surface area contributed by atoms with Crippen LogP contribution in [0.4, 0.5) is 0 Å². The highest BCUT2D eigenvalue weighted by Crippen LogP contribution is 2.39. The molecular weight excluding hydrogens is 212 g/mol. The fourth-order valence-electron chi connectivity index (χ4n) is 3.90. The molecule has 3 nitrogen and oxygen atoms in total. The summed E-state index contributed by atoms with van der Waals surface area (Å²) in [4.78, 5) is 2.71. The summed E-state index contributed by atoms with van der Waals surface area (Å²) < 4.78 is 5.59. The quantitative estimate of drug-likeness (QED) is 0.817. The number of likely N-dealkylation sites (tertiary alicyclic amines) is 1. The molecule has 2 rings (SSSR count). The Morgan fingerprint density at radius 3 is 2.65 bits per heavy atom. The minimum absolute atomic E-state index is 0.132. The maximum Gasteiger partial charge on any atom is 0.0513 e. The third-order valence-electron chi connectivity index (χ3n) is 5.07. The van der Waals surface area contributed by atoms with Crippen molar-refractivity contribution in [3.63, 3.8) is 0 Å². The van der Waals surface area contributed by atoms with E-state index in [-0.39, 0.29) is 5.54 Å². The first-order chi connectivity index (χ1) is 8.13. The molecule has 0 bridgehead atoms. The molecule has 2 saturated heterocycles. The predicted molar refractivity (Wildman–Crippen MR) is 71.0 cm³/mol. The van der Waals surface area contributed by atoms with Crippen LogP contribution in [0.1, 0.15) is 46.5 Å². The van der Waals surface area contributed by atoms with E-state index in [4.69, 9.17) is 10.5 Å². The lowest BCUT2D eigenvalue weighted by atomic mass is 9.82. The average Bonchev–Trinajstić information content (AvgIpc) is 2.97. The van der Waals surface area contributed by atoms with E-state index < -0.39 is 0 Å². The third kappa shape index (κ3) is 2.25.